The molecule has 0 heterocycles. The summed E-state index contributed by atoms with van der Waals surface area (Å²) in [5.41, 5.74) is 1.66. The summed E-state index contributed by atoms with van der Waals surface area (Å²) >= 11 is 9.23. The van der Waals surface area contributed by atoms with E-state index in [1.54, 1.807) is 0 Å². The average Bonchev–Trinajstić information content (AvgIpc) is 2.41. The van der Waals surface area contributed by atoms with Gasteiger partial charge >= 0.3 is 0 Å². The fourth-order valence-electron chi connectivity index (χ4n) is 1.88. The molecule has 0 aliphatic carbocycles. The van der Waals surface area contributed by atoms with E-state index in [-0.39, 0.29) is 0 Å². The minimum Gasteiger partial charge on any atom is -0.494 e. The van der Waals surface area contributed by atoms with Gasteiger partial charge in [0.2, 0.25) is 0 Å². The zero-order valence-corrected chi connectivity index (χ0v) is 16.1. The highest BCUT2D eigenvalue weighted by molar-refractivity contribution is 14.1. The molecule has 2 aromatic rings. The molecular weight excluding hydrogens is 499 g/mol. The van der Waals surface area contributed by atoms with Crippen LogP contribution in [0.25, 0.3) is 0 Å². The van der Waals surface area contributed by atoms with Crippen LogP contribution in [0.1, 0.15) is 24.2 Å². The van der Waals surface area contributed by atoms with Gasteiger partial charge in [0, 0.05) is 18.1 Å². The number of ether oxygens (including phenoxy) is 1. The Bertz CT molecular complexity index is 617. The molecule has 5 heteroatoms. The van der Waals surface area contributed by atoms with Crippen LogP contribution in [0.2, 0.25) is 0 Å². The van der Waals surface area contributed by atoms with Gasteiger partial charge in [0.1, 0.15) is 11.9 Å². The maximum absolute atomic E-state index is 10.6. The number of halogens is 3. The lowest BCUT2D eigenvalue weighted by Gasteiger charge is -2.16. The lowest BCUT2D eigenvalue weighted by Crippen LogP contribution is -2.03. The predicted octanol–water partition coefficient (Wildman–Crippen LogP) is 5.30. The molecule has 2 rings (SSSR count). The van der Waals surface area contributed by atoms with E-state index in [4.69, 9.17) is 4.74 Å². The molecule has 20 heavy (non-hydrogen) atoms. The molecule has 0 aliphatic heterocycles. The summed E-state index contributed by atoms with van der Waals surface area (Å²) < 4.78 is 8.26. The molecule has 0 saturated heterocycles. The van der Waals surface area contributed by atoms with Crippen LogP contribution >= 0.6 is 54.5 Å². The van der Waals surface area contributed by atoms with Crippen molar-refractivity contribution in [2.45, 2.75) is 13.0 Å². The van der Waals surface area contributed by atoms with Gasteiger partial charge in [-0.1, -0.05) is 37.9 Å². The van der Waals surface area contributed by atoms with Crippen molar-refractivity contribution in [2.75, 3.05) is 6.61 Å². The summed E-state index contributed by atoms with van der Waals surface area (Å²) in [6.45, 7) is 2.57. The minimum atomic E-state index is -0.691. The molecule has 0 bridgehead atoms. The van der Waals surface area contributed by atoms with Crippen molar-refractivity contribution in [2.24, 2.45) is 0 Å². The first-order valence-electron chi connectivity index (χ1n) is 6.08. The quantitative estimate of drug-likeness (QED) is 0.565. The van der Waals surface area contributed by atoms with Gasteiger partial charge in [-0.2, -0.15) is 0 Å². The van der Waals surface area contributed by atoms with Crippen LogP contribution in [0.5, 0.6) is 5.75 Å². The van der Waals surface area contributed by atoms with Crippen molar-refractivity contribution in [1.29, 1.82) is 0 Å². The van der Waals surface area contributed by atoms with Crippen LogP contribution in [-0.2, 0) is 0 Å². The summed E-state index contributed by atoms with van der Waals surface area (Å²) in [7, 11) is 0. The third-order valence-corrected chi connectivity index (χ3v) is 4.91. The molecule has 0 aliphatic rings. The maximum atomic E-state index is 10.6. The molecular formula is C15H13Br2IO2. The lowest BCUT2D eigenvalue weighted by molar-refractivity contribution is 0.218. The van der Waals surface area contributed by atoms with Crippen molar-refractivity contribution in [1.82, 2.24) is 0 Å². The molecule has 1 unspecified atom stereocenters. The second-order valence-electron chi connectivity index (χ2n) is 4.18. The number of aliphatic hydroxyl groups is 1. The first kappa shape index (κ1) is 16.3. The van der Waals surface area contributed by atoms with E-state index in [9.17, 15) is 5.11 Å². The van der Waals surface area contributed by atoms with Gasteiger partial charge in [-0.05, 0) is 65.4 Å². The summed E-state index contributed by atoms with van der Waals surface area (Å²) in [5, 5.41) is 10.6. The van der Waals surface area contributed by atoms with E-state index in [1.165, 1.54) is 0 Å². The van der Waals surface area contributed by atoms with Crippen LogP contribution in [0.15, 0.2) is 45.3 Å². The van der Waals surface area contributed by atoms with Crippen LogP contribution in [0.3, 0.4) is 0 Å². The molecule has 0 aromatic heterocycles. The van der Waals surface area contributed by atoms with Crippen LogP contribution in [-0.4, -0.2) is 11.7 Å². The Hall–Kier alpha value is -0.110. The van der Waals surface area contributed by atoms with Gasteiger partial charge < -0.3 is 9.84 Å². The Balaban J connectivity index is 2.38. The summed E-state index contributed by atoms with van der Waals surface area (Å²) in [6.07, 6.45) is -0.691. The Morgan fingerprint density at radius 3 is 2.50 bits per heavy atom. The molecule has 1 N–H and O–H groups in total. The third-order valence-electron chi connectivity index (χ3n) is 2.83. The predicted molar refractivity (Wildman–Crippen MR) is 96.2 cm³/mol. The highest BCUT2D eigenvalue weighted by Gasteiger charge is 2.17. The molecule has 1 atom stereocenters. The van der Waals surface area contributed by atoms with Crippen molar-refractivity contribution < 1.29 is 9.84 Å². The van der Waals surface area contributed by atoms with E-state index in [0.717, 1.165) is 29.4 Å². The number of aliphatic hydroxyl groups excluding tert-OH is 1. The van der Waals surface area contributed by atoms with Crippen molar-refractivity contribution in [3.8, 4) is 5.75 Å². The first-order valence-corrected chi connectivity index (χ1v) is 8.74. The summed E-state index contributed by atoms with van der Waals surface area (Å²) in [5.74, 6) is 0.789. The Kier molecular flexibility index (Phi) is 5.89. The van der Waals surface area contributed by atoms with Crippen molar-refractivity contribution >= 4 is 54.5 Å². The number of rotatable bonds is 4. The Morgan fingerprint density at radius 2 is 1.85 bits per heavy atom. The molecule has 0 spiro atoms. The SMILES string of the molecule is CCOc1ccc(C(O)c2cc(I)ccc2Br)c(Br)c1. The third kappa shape index (κ3) is 3.75. The van der Waals surface area contributed by atoms with E-state index < -0.39 is 6.10 Å². The van der Waals surface area contributed by atoms with E-state index in [2.05, 4.69) is 54.5 Å². The van der Waals surface area contributed by atoms with Crippen molar-refractivity contribution in [3.63, 3.8) is 0 Å². The summed E-state index contributed by atoms with van der Waals surface area (Å²) in [4.78, 5) is 0. The van der Waals surface area contributed by atoms with Gasteiger partial charge in [-0.3, -0.25) is 0 Å². The largest absolute Gasteiger partial charge is 0.494 e. The van der Waals surface area contributed by atoms with Gasteiger partial charge in [0.25, 0.3) is 0 Å². The normalized spacial score (nSPS) is 12.2. The van der Waals surface area contributed by atoms with E-state index in [1.807, 2.05) is 43.3 Å². The highest BCUT2D eigenvalue weighted by atomic mass is 127. The Morgan fingerprint density at radius 1 is 1.10 bits per heavy atom. The second-order valence-corrected chi connectivity index (χ2v) is 7.14. The Labute approximate surface area is 148 Å². The first-order chi connectivity index (χ1) is 9.52. The topological polar surface area (TPSA) is 29.5 Å². The van der Waals surface area contributed by atoms with E-state index in [0.29, 0.717) is 6.61 Å². The zero-order chi connectivity index (χ0) is 14.7. The molecule has 2 aromatic carbocycles. The van der Waals surface area contributed by atoms with Crippen LogP contribution < -0.4 is 4.74 Å². The zero-order valence-electron chi connectivity index (χ0n) is 10.7. The maximum Gasteiger partial charge on any atom is 0.120 e. The average molecular weight is 512 g/mol. The molecule has 0 amide bonds. The minimum absolute atomic E-state index is 0.622. The van der Waals surface area contributed by atoms with Gasteiger partial charge in [0.15, 0.2) is 0 Å². The monoisotopic (exact) mass is 510 g/mol. The number of hydrogen-bond donors (Lipinski definition) is 1. The molecule has 106 valence electrons. The van der Waals surface area contributed by atoms with Gasteiger partial charge in [-0.25, -0.2) is 0 Å². The van der Waals surface area contributed by atoms with Crippen LogP contribution in [0.4, 0.5) is 0 Å². The standard InChI is InChI=1S/C15H13Br2IO2/c1-2-20-10-4-5-11(14(17)8-10)15(19)12-7-9(18)3-6-13(12)16/h3-8,15,19H,2H2,1H3. The number of benzene rings is 2. The smallest absolute Gasteiger partial charge is 0.120 e. The molecule has 0 radical (unpaired) electrons. The number of hydrogen-bond acceptors (Lipinski definition) is 2. The van der Waals surface area contributed by atoms with Crippen LogP contribution in [0, 0.1) is 3.57 Å². The fraction of sp³-hybridized carbons (Fsp3) is 0.200. The van der Waals surface area contributed by atoms with Gasteiger partial charge in [-0.15, -0.1) is 0 Å². The van der Waals surface area contributed by atoms with Gasteiger partial charge in [0.05, 0.1) is 6.61 Å². The molecule has 0 saturated carbocycles. The fourth-order valence-corrected chi connectivity index (χ4v) is 3.43. The lowest BCUT2D eigenvalue weighted by atomic mass is 10.0. The second kappa shape index (κ2) is 7.24. The molecule has 0 fully saturated rings. The highest BCUT2D eigenvalue weighted by Crippen LogP contribution is 2.35. The van der Waals surface area contributed by atoms with E-state index >= 15 is 0 Å². The molecule has 2 nitrogen and oxygen atoms in total. The van der Waals surface area contributed by atoms with Crippen molar-refractivity contribution in [3.05, 3.63) is 60.0 Å². The summed E-state index contributed by atoms with van der Waals surface area (Å²) in [6, 6.07) is 11.5.